The van der Waals surface area contributed by atoms with E-state index in [1.807, 2.05) is 0 Å². The van der Waals surface area contributed by atoms with Gasteiger partial charge in [-0.2, -0.15) is 0 Å². The van der Waals surface area contributed by atoms with Gasteiger partial charge in [-0.25, -0.2) is 0 Å². The fourth-order valence-corrected chi connectivity index (χ4v) is 2.88. The van der Waals surface area contributed by atoms with E-state index in [2.05, 4.69) is 4.98 Å². The summed E-state index contributed by atoms with van der Waals surface area (Å²) in [7, 11) is 0. The molecule has 1 fully saturated rings. The first-order valence-electron chi connectivity index (χ1n) is 8.64. The summed E-state index contributed by atoms with van der Waals surface area (Å²) in [5.41, 5.74) is 0.639. The van der Waals surface area contributed by atoms with Crippen LogP contribution in [0.25, 0.3) is 0 Å². The maximum absolute atomic E-state index is 12.4. The van der Waals surface area contributed by atoms with Crippen LogP contribution < -0.4 is 4.74 Å². The summed E-state index contributed by atoms with van der Waals surface area (Å²) in [6.45, 7) is -0.586. The molecule has 1 aliphatic heterocycles. The zero-order chi connectivity index (χ0) is 20.3. The Kier molecular flexibility index (Phi) is 6.22. The van der Waals surface area contributed by atoms with Gasteiger partial charge in [-0.15, -0.1) is 0 Å². The second-order valence-electron chi connectivity index (χ2n) is 6.42. The van der Waals surface area contributed by atoms with E-state index in [0.29, 0.717) is 5.69 Å². The van der Waals surface area contributed by atoms with Crippen molar-refractivity contribution in [2.75, 3.05) is 6.61 Å². The molecule has 0 amide bonds. The average Bonchev–Trinajstić information content (AvgIpc) is 2.69. The number of carbonyl (C=O) groups is 1. The molecule has 0 bridgehead atoms. The van der Waals surface area contributed by atoms with E-state index in [-0.39, 0.29) is 29.3 Å². The van der Waals surface area contributed by atoms with Crippen LogP contribution in [0.15, 0.2) is 42.6 Å². The molecule has 0 spiro atoms. The Bertz CT molecular complexity index is 813. The van der Waals surface area contributed by atoms with Crippen molar-refractivity contribution in [1.82, 2.24) is 4.98 Å². The molecule has 0 saturated carbocycles. The van der Waals surface area contributed by atoms with Gasteiger partial charge in [-0.05, 0) is 24.3 Å². The van der Waals surface area contributed by atoms with Crippen LogP contribution in [0.4, 0.5) is 0 Å². The number of carbonyl (C=O) groups excluding carboxylic acids is 1. The molecule has 0 radical (unpaired) electrons. The van der Waals surface area contributed by atoms with E-state index in [0.717, 1.165) is 0 Å². The zero-order valence-electron chi connectivity index (χ0n) is 14.8. The highest BCUT2D eigenvalue weighted by molar-refractivity contribution is 5.99. The number of hydrogen-bond donors (Lipinski definition) is 5. The van der Waals surface area contributed by atoms with Gasteiger partial charge in [0.2, 0.25) is 6.29 Å². The van der Waals surface area contributed by atoms with E-state index >= 15 is 0 Å². The summed E-state index contributed by atoms with van der Waals surface area (Å²) >= 11 is 0. The molecular formula is C19H21NO8. The van der Waals surface area contributed by atoms with Crippen molar-refractivity contribution in [3.63, 3.8) is 0 Å². The number of aliphatic hydroxyl groups excluding tert-OH is 4. The monoisotopic (exact) mass is 391 g/mol. The second-order valence-corrected chi connectivity index (χ2v) is 6.42. The lowest BCUT2D eigenvalue weighted by atomic mass is 9.99. The number of pyridine rings is 1. The average molecular weight is 391 g/mol. The molecular weight excluding hydrogens is 370 g/mol. The van der Waals surface area contributed by atoms with Crippen molar-refractivity contribution in [3.05, 3.63) is 53.9 Å². The molecule has 0 aliphatic carbocycles. The lowest BCUT2D eigenvalue weighted by Crippen LogP contribution is -2.60. The fourth-order valence-electron chi connectivity index (χ4n) is 2.88. The molecule has 0 unspecified atom stereocenters. The normalized spacial score (nSPS) is 27.4. The summed E-state index contributed by atoms with van der Waals surface area (Å²) in [5, 5.41) is 48.9. The topological polar surface area (TPSA) is 150 Å². The predicted octanol–water partition coefficient (Wildman–Crippen LogP) is -0.609. The first-order chi connectivity index (χ1) is 13.4. The molecule has 3 rings (SSSR count). The Morgan fingerprint density at radius 1 is 1.11 bits per heavy atom. The fraction of sp³-hybridized carbons (Fsp3) is 0.368. The molecule has 2 heterocycles. The van der Waals surface area contributed by atoms with Crippen molar-refractivity contribution in [2.45, 2.75) is 37.1 Å². The number of Topliss-reactive ketones (excluding diaryl/α,β-unsaturated/α-hetero) is 1. The van der Waals surface area contributed by atoms with E-state index in [9.17, 15) is 30.3 Å². The second kappa shape index (κ2) is 8.63. The molecule has 5 N–H and O–H groups in total. The molecule has 28 heavy (non-hydrogen) atoms. The molecule has 5 atom stereocenters. The predicted molar refractivity (Wildman–Crippen MR) is 94.8 cm³/mol. The first kappa shape index (κ1) is 20.2. The molecule has 1 aromatic carbocycles. The maximum Gasteiger partial charge on any atom is 0.229 e. The van der Waals surface area contributed by atoms with Crippen LogP contribution in [0, 0.1) is 0 Å². The Morgan fingerprint density at radius 2 is 1.89 bits per heavy atom. The number of ether oxygens (including phenoxy) is 2. The summed E-state index contributed by atoms with van der Waals surface area (Å²) in [6, 6.07) is 9.12. The Labute approximate surface area is 160 Å². The summed E-state index contributed by atoms with van der Waals surface area (Å²) in [5.74, 6) is -0.602. The standard InChI is InChI=1S/C19H21NO8/c21-9-15-16(24)17(25)18(26)19(28-15)27-11-4-5-12(14(23)8-11)13(22)7-10-3-1-2-6-20-10/h1-6,8,15-19,21,23-26H,7,9H2/t15-,16+,17-,18+,19-/m1/s1. The number of aliphatic hydroxyl groups is 4. The molecule has 1 aliphatic rings. The molecule has 1 saturated heterocycles. The Hall–Kier alpha value is -2.56. The SMILES string of the molecule is O=C(Cc1ccccn1)c1ccc(O[C@@H]2O[C@H](CO)[C@H](O)[C@@H](O)[C@@H]2O)cc1O. The van der Waals surface area contributed by atoms with E-state index in [4.69, 9.17) is 9.47 Å². The Morgan fingerprint density at radius 3 is 2.54 bits per heavy atom. The van der Waals surface area contributed by atoms with Crippen molar-refractivity contribution >= 4 is 5.78 Å². The summed E-state index contributed by atoms with van der Waals surface area (Å²) in [6.07, 6.45) is -5.57. The number of benzene rings is 1. The van der Waals surface area contributed by atoms with Gasteiger partial charge in [0, 0.05) is 18.0 Å². The van der Waals surface area contributed by atoms with Gasteiger partial charge in [0.25, 0.3) is 0 Å². The maximum atomic E-state index is 12.4. The number of hydrogen-bond acceptors (Lipinski definition) is 9. The highest BCUT2D eigenvalue weighted by Gasteiger charge is 2.44. The number of aromatic nitrogens is 1. The van der Waals surface area contributed by atoms with Crippen molar-refractivity contribution < 1.29 is 39.8 Å². The van der Waals surface area contributed by atoms with Crippen molar-refractivity contribution in [2.24, 2.45) is 0 Å². The van der Waals surface area contributed by atoms with E-state index in [1.54, 1.807) is 24.4 Å². The van der Waals surface area contributed by atoms with Gasteiger partial charge in [0.1, 0.15) is 35.9 Å². The quantitative estimate of drug-likeness (QED) is 0.406. The summed E-state index contributed by atoms with van der Waals surface area (Å²) in [4.78, 5) is 16.4. The van der Waals surface area contributed by atoms with Crippen LogP contribution in [-0.4, -0.2) is 73.6 Å². The molecule has 150 valence electrons. The number of phenols is 1. The molecule has 2 aromatic rings. The first-order valence-corrected chi connectivity index (χ1v) is 8.64. The third kappa shape index (κ3) is 4.29. The van der Waals surface area contributed by atoms with Gasteiger partial charge < -0.3 is 35.0 Å². The van der Waals surface area contributed by atoms with Crippen LogP contribution in [0.3, 0.4) is 0 Å². The molecule has 1 aromatic heterocycles. The minimum Gasteiger partial charge on any atom is -0.507 e. The smallest absolute Gasteiger partial charge is 0.229 e. The third-order valence-electron chi connectivity index (χ3n) is 4.44. The van der Waals surface area contributed by atoms with Crippen LogP contribution in [0.5, 0.6) is 11.5 Å². The number of aromatic hydroxyl groups is 1. The minimum absolute atomic E-state index is 0.0152. The number of rotatable bonds is 6. The van der Waals surface area contributed by atoms with Crippen LogP contribution in [0.2, 0.25) is 0 Å². The largest absolute Gasteiger partial charge is 0.507 e. The number of nitrogens with zero attached hydrogens (tertiary/aromatic N) is 1. The van der Waals surface area contributed by atoms with Gasteiger partial charge in [0.15, 0.2) is 5.78 Å². The highest BCUT2D eigenvalue weighted by atomic mass is 16.7. The molecule has 9 nitrogen and oxygen atoms in total. The van der Waals surface area contributed by atoms with Gasteiger partial charge in [0.05, 0.1) is 18.6 Å². The third-order valence-corrected chi connectivity index (χ3v) is 4.44. The van der Waals surface area contributed by atoms with E-state index in [1.165, 1.54) is 18.2 Å². The Balaban J connectivity index is 1.71. The highest BCUT2D eigenvalue weighted by Crippen LogP contribution is 2.28. The molecule has 9 heteroatoms. The summed E-state index contributed by atoms with van der Waals surface area (Å²) < 4.78 is 10.7. The van der Waals surface area contributed by atoms with Crippen LogP contribution >= 0.6 is 0 Å². The van der Waals surface area contributed by atoms with Crippen molar-refractivity contribution in [3.8, 4) is 11.5 Å². The van der Waals surface area contributed by atoms with Crippen LogP contribution in [0.1, 0.15) is 16.1 Å². The van der Waals surface area contributed by atoms with Crippen LogP contribution in [-0.2, 0) is 11.2 Å². The minimum atomic E-state index is -1.58. The lowest BCUT2D eigenvalue weighted by Gasteiger charge is -2.39. The van der Waals surface area contributed by atoms with Crippen molar-refractivity contribution in [1.29, 1.82) is 0 Å². The number of ketones is 1. The van der Waals surface area contributed by atoms with Gasteiger partial charge in [-0.1, -0.05) is 6.07 Å². The number of phenolic OH excluding ortho intramolecular Hbond substituents is 1. The van der Waals surface area contributed by atoms with Gasteiger partial charge in [-0.3, -0.25) is 9.78 Å². The zero-order valence-corrected chi connectivity index (χ0v) is 14.8. The van der Waals surface area contributed by atoms with Gasteiger partial charge >= 0.3 is 0 Å². The van der Waals surface area contributed by atoms with E-state index < -0.39 is 37.3 Å². The lowest BCUT2D eigenvalue weighted by molar-refractivity contribution is -0.277.